The van der Waals surface area contributed by atoms with Crippen LogP contribution in [0.4, 0.5) is 11.4 Å². The SMILES string of the molecule is Nc1cc2c(cc1Sc1cc3ccccc3[nH]1)NC(=O)C2. The summed E-state index contributed by atoms with van der Waals surface area (Å²) < 4.78 is 0. The van der Waals surface area contributed by atoms with Crippen LogP contribution < -0.4 is 11.1 Å². The molecule has 5 heteroatoms. The number of para-hydroxylation sites is 1. The van der Waals surface area contributed by atoms with Crippen molar-refractivity contribution in [2.75, 3.05) is 11.1 Å². The number of benzene rings is 2. The van der Waals surface area contributed by atoms with Gasteiger partial charge in [0, 0.05) is 27.2 Å². The minimum Gasteiger partial charge on any atom is -0.398 e. The van der Waals surface area contributed by atoms with E-state index >= 15 is 0 Å². The first kappa shape index (κ1) is 12.3. The Morgan fingerprint density at radius 3 is 2.86 bits per heavy atom. The highest BCUT2D eigenvalue weighted by atomic mass is 32.2. The molecule has 1 amide bonds. The third-order valence-corrected chi connectivity index (χ3v) is 4.60. The summed E-state index contributed by atoms with van der Waals surface area (Å²) in [6, 6.07) is 14.1. The summed E-state index contributed by atoms with van der Waals surface area (Å²) in [5.74, 6) is 0.0252. The standard InChI is InChI=1S/C16H13N3OS/c17-11-5-10-6-15(20)18-13(10)8-14(11)21-16-7-9-3-1-2-4-12(9)19-16/h1-5,7-8,19H,6,17H2,(H,18,20). The number of aromatic nitrogens is 1. The second-order valence-electron chi connectivity index (χ2n) is 5.10. The molecular formula is C16H13N3OS. The summed E-state index contributed by atoms with van der Waals surface area (Å²) in [6.45, 7) is 0. The lowest BCUT2D eigenvalue weighted by Crippen LogP contribution is -2.03. The molecule has 4 nitrogen and oxygen atoms in total. The van der Waals surface area contributed by atoms with E-state index in [-0.39, 0.29) is 5.91 Å². The molecule has 0 saturated heterocycles. The fourth-order valence-corrected chi connectivity index (χ4v) is 3.52. The van der Waals surface area contributed by atoms with E-state index in [4.69, 9.17) is 5.73 Å². The Morgan fingerprint density at radius 2 is 2.00 bits per heavy atom. The van der Waals surface area contributed by atoms with Crippen LogP contribution >= 0.6 is 11.8 Å². The fraction of sp³-hybridized carbons (Fsp3) is 0.0625. The molecule has 0 atom stereocenters. The van der Waals surface area contributed by atoms with Gasteiger partial charge < -0.3 is 16.0 Å². The third kappa shape index (κ3) is 2.15. The van der Waals surface area contributed by atoms with Gasteiger partial charge in [-0.25, -0.2) is 0 Å². The van der Waals surface area contributed by atoms with Crippen molar-refractivity contribution in [2.45, 2.75) is 16.3 Å². The molecule has 2 aromatic carbocycles. The number of aromatic amines is 1. The number of nitrogens with two attached hydrogens (primary N) is 1. The molecule has 3 aromatic rings. The Balaban J connectivity index is 1.71. The molecule has 1 aromatic heterocycles. The van der Waals surface area contributed by atoms with Gasteiger partial charge in [0.25, 0.3) is 0 Å². The first-order valence-electron chi connectivity index (χ1n) is 6.67. The second kappa shape index (κ2) is 4.56. The summed E-state index contributed by atoms with van der Waals surface area (Å²) in [5, 5.41) is 5.07. The molecule has 1 aliphatic rings. The quantitative estimate of drug-likeness (QED) is 0.635. The second-order valence-corrected chi connectivity index (χ2v) is 6.18. The van der Waals surface area contributed by atoms with Gasteiger partial charge in [-0.15, -0.1) is 0 Å². The van der Waals surface area contributed by atoms with E-state index in [1.807, 2.05) is 30.3 Å². The van der Waals surface area contributed by atoms with Gasteiger partial charge in [-0.05, 0) is 29.8 Å². The summed E-state index contributed by atoms with van der Waals surface area (Å²) in [6.07, 6.45) is 0.414. The van der Waals surface area contributed by atoms with E-state index in [1.165, 1.54) is 5.39 Å². The van der Waals surface area contributed by atoms with Gasteiger partial charge in [0.15, 0.2) is 0 Å². The maximum absolute atomic E-state index is 11.4. The highest BCUT2D eigenvalue weighted by Gasteiger charge is 2.19. The van der Waals surface area contributed by atoms with Crippen molar-refractivity contribution in [1.82, 2.24) is 4.98 Å². The van der Waals surface area contributed by atoms with Crippen LogP contribution in [0.2, 0.25) is 0 Å². The van der Waals surface area contributed by atoms with Crippen LogP contribution in [0.15, 0.2) is 52.4 Å². The Bertz CT molecular complexity index is 836. The number of carbonyl (C=O) groups is 1. The van der Waals surface area contributed by atoms with E-state index in [1.54, 1.807) is 11.8 Å². The van der Waals surface area contributed by atoms with Crippen LogP contribution in [0.1, 0.15) is 5.56 Å². The molecule has 4 N–H and O–H groups in total. The molecule has 2 heterocycles. The van der Waals surface area contributed by atoms with E-state index < -0.39 is 0 Å². The molecule has 21 heavy (non-hydrogen) atoms. The summed E-state index contributed by atoms with van der Waals surface area (Å²) >= 11 is 1.58. The first-order chi connectivity index (χ1) is 10.2. The number of carbonyl (C=O) groups excluding carboxylic acids is 1. The summed E-state index contributed by atoms with van der Waals surface area (Å²) in [5.41, 5.74) is 9.75. The van der Waals surface area contributed by atoms with Gasteiger partial charge in [0.2, 0.25) is 5.91 Å². The van der Waals surface area contributed by atoms with Gasteiger partial charge in [-0.2, -0.15) is 0 Å². The zero-order valence-electron chi connectivity index (χ0n) is 11.1. The summed E-state index contributed by atoms with van der Waals surface area (Å²) in [7, 11) is 0. The van der Waals surface area contributed by atoms with E-state index in [0.29, 0.717) is 12.1 Å². The van der Waals surface area contributed by atoms with Gasteiger partial charge >= 0.3 is 0 Å². The molecule has 0 fully saturated rings. The number of anilines is 2. The van der Waals surface area contributed by atoms with Crippen molar-refractivity contribution in [3.63, 3.8) is 0 Å². The molecule has 0 bridgehead atoms. The van der Waals surface area contributed by atoms with E-state index in [9.17, 15) is 4.79 Å². The number of fused-ring (bicyclic) bond motifs is 2. The smallest absolute Gasteiger partial charge is 0.228 e. The highest BCUT2D eigenvalue weighted by Crippen LogP contribution is 2.38. The molecule has 0 unspecified atom stereocenters. The lowest BCUT2D eigenvalue weighted by Gasteiger charge is -2.07. The van der Waals surface area contributed by atoms with Crippen molar-refractivity contribution in [3.05, 3.63) is 48.0 Å². The first-order valence-corrected chi connectivity index (χ1v) is 7.48. The van der Waals surface area contributed by atoms with Gasteiger partial charge in [0.05, 0.1) is 11.4 Å². The third-order valence-electron chi connectivity index (χ3n) is 3.59. The van der Waals surface area contributed by atoms with Crippen molar-refractivity contribution >= 4 is 39.9 Å². The number of amides is 1. The number of H-pyrrole nitrogens is 1. The average Bonchev–Trinajstić information content (AvgIpc) is 3.00. The van der Waals surface area contributed by atoms with Crippen LogP contribution in [0.25, 0.3) is 10.9 Å². The highest BCUT2D eigenvalue weighted by molar-refractivity contribution is 7.99. The Hall–Kier alpha value is -2.40. The minimum atomic E-state index is 0.0252. The van der Waals surface area contributed by atoms with Crippen LogP contribution in [0.5, 0.6) is 0 Å². The van der Waals surface area contributed by atoms with Crippen LogP contribution in [-0.2, 0) is 11.2 Å². The van der Waals surface area contributed by atoms with Crippen molar-refractivity contribution in [1.29, 1.82) is 0 Å². The van der Waals surface area contributed by atoms with Crippen LogP contribution in [0.3, 0.4) is 0 Å². The predicted octanol–water partition coefficient (Wildman–Crippen LogP) is 3.40. The number of hydrogen-bond donors (Lipinski definition) is 3. The maximum atomic E-state index is 11.4. The van der Waals surface area contributed by atoms with Gasteiger partial charge in [-0.3, -0.25) is 4.79 Å². The lowest BCUT2D eigenvalue weighted by atomic mass is 10.1. The number of nitrogen functional groups attached to an aromatic ring is 1. The molecule has 104 valence electrons. The molecule has 4 rings (SSSR count). The number of hydrogen-bond acceptors (Lipinski definition) is 3. The van der Waals surface area contributed by atoms with Crippen LogP contribution in [-0.4, -0.2) is 10.9 Å². The number of nitrogens with one attached hydrogen (secondary N) is 2. The van der Waals surface area contributed by atoms with Crippen molar-refractivity contribution in [2.24, 2.45) is 0 Å². The zero-order valence-corrected chi connectivity index (χ0v) is 12.0. The maximum Gasteiger partial charge on any atom is 0.228 e. The molecule has 0 spiro atoms. The van der Waals surface area contributed by atoms with Crippen molar-refractivity contribution in [3.8, 4) is 0 Å². The van der Waals surface area contributed by atoms with Gasteiger partial charge in [-0.1, -0.05) is 30.0 Å². The predicted molar refractivity (Wildman–Crippen MR) is 85.6 cm³/mol. The van der Waals surface area contributed by atoms with E-state index in [2.05, 4.69) is 22.4 Å². The largest absolute Gasteiger partial charge is 0.398 e. The monoisotopic (exact) mass is 295 g/mol. The molecule has 0 aliphatic carbocycles. The molecular weight excluding hydrogens is 282 g/mol. The Labute approximate surface area is 125 Å². The minimum absolute atomic E-state index is 0.0252. The van der Waals surface area contributed by atoms with Crippen molar-refractivity contribution < 1.29 is 4.79 Å². The van der Waals surface area contributed by atoms with E-state index in [0.717, 1.165) is 26.7 Å². The molecule has 1 aliphatic heterocycles. The Morgan fingerprint density at radius 1 is 1.14 bits per heavy atom. The zero-order chi connectivity index (χ0) is 14.4. The number of rotatable bonds is 2. The summed E-state index contributed by atoms with van der Waals surface area (Å²) in [4.78, 5) is 15.7. The molecule has 0 saturated carbocycles. The lowest BCUT2D eigenvalue weighted by molar-refractivity contribution is -0.115. The van der Waals surface area contributed by atoms with Crippen LogP contribution in [0, 0.1) is 0 Å². The fourth-order valence-electron chi connectivity index (χ4n) is 2.58. The normalized spacial score (nSPS) is 13.4. The topological polar surface area (TPSA) is 70.9 Å². The Kier molecular flexibility index (Phi) is 2.68. The van der Waals surface area contributed by atoms with Gasteiger partial charge in [0.1, 0.15) is 0 Å². The molecule has 0 radical (unpaired) electrons. The average molecular weight is 295 g/mol.